The lowest BCUT2D eigenvalue weighted by atomic mass is 10.2. The fourth-order valence-electron chi connectivity index (χ4n) is 2.23. The molecule has 1 saturated heterocycles. The van der Waals surface area contributed by atoms with Gasteiger partial charge in [-0.05, 0) is 37.5 Å². The first kappa shape index (κ1) is 14.9. The van der Waals surface area contributed by atoms with E-state index in [0.717, 1.165) is 6.07 Å². The van der Waals surface area contributed by atoms with Gasteiger partial charge in [0.1, 0.15) is 22.6 Å². The molecule has 0 unspecified atom stereocenters. The van der Waals surface area contributed by atoms with Gasteiger partial charge >= 0.3 is 5.97 Å². The zero-order chi connectivity index (χ0) is 15.1. The molecule has 0 aliphatic carbocycles. The number of carbonyl (C=O) groups is 1. The molecular weight excluding hydrogens is 292 g/mol. The number of sulfonamides is 1. The van der Waals surface area contributed by atoms with Crippen molar-refractivity contribution in [2.24, 2.45) is 0 Å². The lowest BCUT2D eigenvalue weighted by Crippen LogP contribution is -2.40. The van der Waals surface area contributed by atoms with Crippen molar-refractivity contribution in [1.29, 1.82) is 0 Å². The van der Waals surface area contributed by atoms with Gasteiger partial charge in [0.25, 0.3) is 0 Å². The number of nitrogens with zero attached hydrogens (tertiary/aromatic N) is 1. The molecule has 1 heterocycles. The van der Waals surface area contributed by atoms with Gasteiger partial charge in [-0.1, -0.05) is 0 Å². The van der Waals surface area contributed by atoms with Gasteiger partial charge in [-0.3, -0.25) is 4.79 Å². The van der Waals surface area contributed by atoms with Gasteiger partial charge in [-0.15, -0.1) is 0 Å². The Morgan fingerprint density at radius 3 is 2.60 bits per heavy atom. The van der Waals surface area contributed by atoms with E-state index in [0.29, 0.717) is 16.8 Å². The van der Waals surface area contributed by atoms with E-state index in [2.05, 4.69) is 0 Å². The van der Waals surface area contributed by atoms with Crippen LogP contribution in [0.25, 0.3) is 0 Å². The van der Waals surface area contributed by atoms with E-state index in [9.17, 15) is 22.0 Å². The Morgan fingerprint density at radius 2 is 2.00 bits per heavy atom. The maximum absolute atomic E-state index is 13.8. The molecule has 110 valence electrons. The lowest BCUT2D eigenvalue weighted by Gasteiger charge is -2.21. The molecule has 8 heteroatoms. The van der Waals surface area contributed by atoms with Gasteiger partial charge in [0.05, 0.1) is 0 Å². The predicted octanol–water partition coefficient (Wildman–Crippen LogP) is 1.51. The molecule has 1 aromatic carbocycles. The maximum atomic E-state index is 13.8. The van der Waals surface area contributed by atoms with E-state index in [4.69, 9.17) is 5.11 Å². The average molecular weight is 305 g/mol. The van der Waals surface area contributed by atoms with Crippen LogP contribution >= 0.6 is 0 Å². The number of aryl methyl sites for hydroxylation is 1. The summed E-state index contributed by atoms with van der Waals surface area (Å²) in [6.45, 7) is 1.29. The molecule has 1 aliphatic rings. The molecule has 1 fully saturated rings. The molecular formula is C12H13F2NO4S. The fraction of sp³-hybridized carbons (Fsp3) is 0.417. The highest BCUT2D eigenvalue weighted by molar-refractivity contribution is 7.89. The number of benzene rings is 1. The van der Waals surface area contributed by atoms with Crippen molar-refractivity contribution in [3.05, 3.63) is 29.3 Å². The first-order chi connectivity index (χ1) is 9.25. The molecule has 0 radical (unpaired) electrons. The Labute approximate surface area is 114 Å². The highest BCUT2D eigenvalue weighted by Crippen LogP contribution is 2.28. The quantitative estimate of drug-likeness (QED) is 0.918. The number of carboxylic acid groups (broad SMARTS) is 1. The molecule has 0 aromatic heterocycles. The number of aliphatic carboxylic acids is 1. The summed E-state index contributed by atoms with van der Waals surface area (Å²) in [5.41, 5.74) is -0.0161. The normalized spacial score (nSPS) is 20.2. The van der Waals surface area contributed by atoms with Crippen LogP contribution in [0.4, 0.5) is 8.78 Å². The fourth-order valence-corrected chi connectivity index (χ4v) is 3.94. The van der Waals surface area contributed by atoms with Crippen LogP contribution in [0, 0.1) is 18.6 Å². The summed E-state index contributed by atoms with van der Waals surface area (Å²) >= 11 is 0. The minimum atomic E-state index is -4.37. The van der Waals surface area contributed by atoms with Gasteiger partial charge in [0.2, 0.25) is 10.0 Å². The molecule has 1 aliphatic heterocycles. The highest BCUT2D eigenvalue weighted by Gasteiger charge is 2.40. The van der Waals surface area contributed by atoms with Gasteiger partial charge in [0.15, 0.2) is 0 Å². The van der Waals surface area contributed by atoms with E-state index in [-0.39, 0.29) is 18.5 Å². The molecule has 1 N–H and O–H groups in total. The molecule has 5 nitrogen and oxygen atoms in total. The zero-order valence-electron chi connectivity index (χ0n) is 10.6. The van der Waals surface area contributed by atoms with Crippen molar-refractivity contribution in [2.45, 2.75) is 30.7 Å². The second-order valence-corrected chi connectivity index (χ2v) is 6.50. The number of hydrogen-bond donors (Lipinski definition) is 1. The van der Waals surface area contributed by atoms with Crippen molar-refractivity contribution in [3.63, 3.8) is 0 Å². The average Bonchev–Trinajstić information content (AvgIpc) is 2.83. The molecule has 20 heavy (non-hydrogen) atoms. The van der Waals surface area contributed by atoms with Crippen LogP contribution in [-0.4, -0.2) is 36.4 Å². The van der Waals surface area contributed by atoms with Gasteiger partial charge < -0.3 is 5.11 Å². The van der Waals surface area contributed by atoms with Gasteiger partial charge in [-0.25, -0.2) is 17.2 Å². The first-order valence-corrected chi connectivity index (χ1v) is 7.39. The van der Waals surface area contributed by atoms with Gasteiger partial charge in [0, 0.05) is 6.54 Å². The second-order valence-electron chi connectivity index (χ2n) is 4.64. The number of halogens is 2. The second kappa shape index (κ2) is 5.10. The third-order valence-corrected chi connectivity index (χ3v) is 5.21. The standard InChI is InChI=1S/C12H13F2NO4S/c1-7-5-9(14)11(6-8(7)13)20(18,19)15-4-2-3-10(15)12(16)17/h5-6,10H,2-4H2,1H3,(H,16,17)/t10-/m0/s1. The SMILES string of the molecule is Cc1cc(F)c(S(=O)(=O)N2CCC[C@H]2C(=O)O)cc1F. The smallest absolute Gasteiger partial charge is 0.322 e. The van der Waals surface area contributed by atoms with Crippen LogP contribution in [0.1, 0.15) is 18.4 Å². The number of hydrogen-bond acceptors (Lipinski definition) is 3. The van der Waals surface area contributed by atoms with Crippen LogP contribution in [0.2, 0.25) is 0 Å². The third-order valence-electron chi connectivity index (χ3n) is 3.29. The Kier molecular flexibility index (Phi) is 3.79. The predicted molar refractivity (Wildman–Crippen MR) is 65.6 cm³/mol. The van der Waals surface area contributed by atoms with Crippen molar-refractivity contribution in [2.75, 3.05) is 6.54 Å². The topological polar surface area (TPSA) is 74.7 Å². The summed E-state index contributed by atoms with van der Waals surface area (Å²) in [5.74, 6) is -3.23. The Bertz CT molecular complexity index is 660. The maximum Gasteiger partial charge on any atom is 0.322 e. The summed E-state index contributed by atoms with van der Waals surface area (Å²) < 4.78 is 52.5. The van der Waals surface area contributed by atoms with E-state index >= 15 is 0 Å². The van der Waals surface area contributed by atoms with Crippen molar-refractivity contribution >= 4 is 16.0 Å². The summed E-state index contributed by atoms with van der Waals surface area (Å²) in [6, 6.07) is 0.148. The molecule has 0 amide bonds. The Morgan fingerprint density at radius 1 is 1.35 bits per heavy atom. The molecule has 2 rings (SSSR count). The molecule has 1 atom stereocenters. The summed E-state index contributed by atoms with van der Waals surface area (Å²) in [4.78, 5) is 10.2. The van der Waals surface area contributed by atoms with Crippen molar-refractivity contribution < 1.29 is 27.1 Å². The Balaban J connectivity index is 2.50. The first-order valence-electron chi connectivity index (χ1n) is 5.95. The minimum absolute atomic E-state index is 0.0161. The number of rotatable bonds is 3. The highest BCUT2D eigenvalue weighted by atomic mass is 32.2. The molecule has 1 aromatic rings. The summed E-state index contributed by atoms with van der Waals surface area (Å²) in [6.07, 6.45) is 0.524. The Hall–Kier alpha value is -1.54. The summed E-state index contributed by atoms with van der Waals surface area (Å²) in [5, 5.41) is 8.99. The van der Waals surface area contributed by atoms with Crippen LogP contribution in [0.5, 0.6) is 0 Å². The lowest BCUT2D eigenvalue weighted by molar-refractivity contribution is -0.140. The zero-order valence-corrected chi connectivity index (χ0v) is 11.5. The van der Waals surface area contributed by atoms with Gasteiger partial charge in [-0.2, -0.15) is 4.31 Å². The number of carboxylic acids is 1. The van der Waals surface area contributed by atoms with Crippen LogP contribution < -0.4 is 0 Å². The van der Waals surface area contributed by atoms with Crippen molar-refractivity contribution in [1.82, 2.24) is 4.31 Å². The van der Waals surface area contributed by atoms with Crippen LogP contribution in [-0.2, 0) is 14.8 Å². The molecule has 0 saturated carbocycles. The largest absolute Gasteiger partial charge is 0.480 e. The van der Waals surface area contributed by atoms with E-state index in [1.165, 1.54) is 6.92 Å². The van der Waals surface area contributed by atoms with Crippen molar-refractivity contribution in [3.8, 4) is 0 Å². The molecule has 0 spiro atoms. The van der Waals surface area contributed by atoms with E-state index in [1.807, 2.05) is 0 Å². The van der Waals surface area contributed by atoms with E-state index in [1.54, 1.807) is 0 Å². The third kappa shape index (κ3) is 2.40. The molecule has 0 bridgehead atoms. The monoisotopic (exact) mass is 305 g/mol. The van der Waals surface area contributed by atoms with Crippen LogP contribution in [0.3, 0.4) is 0 Å². The van der Waals surface area contributed by atoms with E-state index < -0.39 is 38.6 Å². The van der Waals surface area contributed by atoms with Crippen LogP contribution in [0.15, 0.2) is 17.0 Å². The minimum Gasteiger partial charge on any atom is -0.480 e. The summed E-state index contributed by atoms with van der Waals surface area (Å²) in [7, 11) is -4.37.